The first-order valence-electron chi connectivity index (χ1n) is 7.03. The van der Waals surface area contributed by atoms with E-state index in [0.29, 0.717) is 16.3 Å². The molecule has 1 amide bonds. The average Bonchev–Trinajstić information content (AvgIpc) is 3.27. The minimum Gasteiger partial charge on any atom is -0.458 e. The highest BCUT2D eigenvalue weighted by Crippen LogP contribution is 2.23. The molecule has 2 heterocycles. The highest BCUT2D eigenvalue weighted by Gasteiger charge is 2.13. The molecule has 7 heteroatoms. The van der Waals surface area contributed by atoms with Crippen LogP contribution in [0.4, 0.5) is 10.5 Å². The molecule has 122 valence electrons. The van der Waals surface area contributed by atoms with Gasteiger partial charge in [-0.05, 0) is 30.3 Å². The van der Waals surface area contributed by atoms with Crippen molar-refractivity contribution in [2.45, 2.75) is 11.7 Å². The first kappa shape index (κ1) is 15.9. The number of anilines is 1. The van der Waals surface area contributed by atoms with Gasteiger partial charge in [-0.2, -0.15) is 0 Å². The Bertz CT molecular complexity index is 811. The Hall–Kier alpha value is -2.93. The van der Waals surface area contributed by atoms with Gasteiger partial charge in [-0.25, -0.2) is 4.79 Å². The maximum Gasteiger partial charge on any atom is 0.374 e. The van der Waals surface area contributed by atoms with Crippen LogP contribution in [0.1, 0.15) is 16.1 Å². The predicted octanol–water partition coefficient (Wildman–Crippen LogP) is 4.55. The van der Waals surface area contributed by atoms with Crippen molar-refractivity contribution in [3.8, 4) is 0 Å². The maximum atomic E-state index is 12.0. The fourth-order valence-corrected chi connectivity index (χ4v) is 2.52. The van der Waals surface area contributed by atoms with Gasteiger partial charge in [0.15, 0.2) is 5.09 Å². The Labute approximate surface area is 141 Å². The number of nitrogens with one attached hydrogen (secondary N) is 1. The Morgan fingerprint density at radius 2 is 1.79 bits per heavy atom. The van der Waals surface area contributed by atoms with E-state index in [1.807, 2.05) is 0 Å². The Morgan fingerprint density at radius 1 is 1.00 bits per heavy atom. The summed E-state index contributed by atoms with van der Waals surface area (Å²) in [7, 11) is 0. The van der Waals surface area contributed by atoms with E-state index in [1.54, 1.807) is 42.5 Å². The minimum atomic E-state index is -0.564. The summed E-state index contributed by atoms with van der Waals surface area (Å²) in [6, 6.07) is 13.6. The zero-order valence-electron chi connectivity index (χ0n) is 12.4. The molecule has 0 fully saturated rings. The Kier molecular flexibility index (Phi) is 5.02. The van der Waals surface area contributed by atoms with Gasteiger partial charge in [0.05, 0.1) is 12.5 Å². The van der Waals surface area contributed by atoms with Crippen molar-refractivity contribution in [3.05, 3.63) is 72.4 Å². The summed E-state index contributed by atoms with van der Waals surface area (Å²) in [6.07, 6.45) is 2.90. The summed E-state index contributed by atoms with van der Waals surface area (Å²) in [4.78, 5) is 23.8. The molecule has 0 saturated carbocycles. The lowest BCUT2D eigenvalue weighted by molar-refractivity contribution is 0.0437. The number of esters is 1. The van der Waals surface area contributed by atoms with Crippen molar-refractivity contribution in [3.63, 3.8) is 0 Å². The number of para-hydroxylation sites is 1. The van der Waals surface area contributed by atoms with Crippen molar-refractivity contribution in [2.24, 2.45) is 0 Å². The van der Waals surface area contributed by atoms with E-state index in [0.717, 1.165) is 11.8 Å². The van der Waals surface area contributed by atoms with Gasteiger partial charge in [-0.15, -0.1) is 0 Å². The van der Waals surface area contributed by atoms with E-state index in [4.69, 9.17) is 13.6 Å². The van der Waals surface area contributed by atoms with Gasteiger partial charge in [0.2, 0.25) is 5.76 Å². The van der Waals surface area contributed by atoms with E-state index < -0.39 is 5.97 Å². The number of thioether (sulfide) groups is 1. The van der Waals surface area contributed by atoms with Crippen LogP contribution in [0.5, 0.6) is 0 Å². The monoisotopic (exact) mass is 343 g/mol. The molecular weight excluding hydrogens is 330 g/mol. The number of amides is 1. The largest absolute Gasteiger partial charge is 0.458 e. The number of furan rings is 2. The fourth-order valence-electron chi connectivity index (χ4n) is 1.93. The molecule has 0 unspecified atom stereocenters. The third-order valence-electron chi connectivity index (χ3n) is 3.02. The summed E-state index contributed by atoms with van der Waals surface area (Å²) in [5.41, 5.74) is 1.24. The highest BCUT2D eigenvalue weighted by atomic mass is 32.2. The quantitative estimate of drug-likeness (QED) is 0.540. The summed E-state index contributed by atoms with van der Waals surface area (Å²) in [5.74, 6) is -0.434. The third kappa shape index (κ3) is 4.08. The molecule has 0 atom stereocenters. The van der Waals surface area contributed by atoms with E-state index in [2.05, 4.69) is 5.32 Å². The lowest BCUT2D eigenvalue weighted by Crippen LogP contribution is -2.09. The summed E-state index contributed by atoms with van der Waals surface area (Å²) < 4.78 is 15.3. The van der Waals surface area contributed by atoms with Crippen molar-refractivity contribution in [2.75, 3.05) is 5.32 Å². The first-order chi connectivity index (χ1) is 11.7. The smallest absolute Gasteiger partial charge is 0.374 e. The molecule has 0 aliphatic carbocycles. The molecule has 3 rings (SSSR count). The summed E-state index contributed by atoms with van der Waals surface area (Å²) in [5, 5.41) is 2.95. The van der Waals surface area contributed by atoms with Gasteiger partial charge < -0.3 is 18.9 Å². The molecule has 0 aliphatic rings. The second-order valence-electron chi connectivity index (χ2n) is 4.66. The molecule has 2 aromatic heterocycles. The predicted molar refractivity (Wildman–Crippen MR) is 87.9 cm³/mol. The minimum absolute atomic E-state index is 0.0153. The molecule has 0 aliphatic heterocycles. The molecule has 0 radical (unpaired) electrons. The molecule has 6 nitrogen and oxygen atoms in total. The molecule has 24 heavy (non-hydrogen) atoms. The van der Waals surface area contributed by atoms with Crippen LogP contribution in [-0.2, 0) is 11.3 Å². The van der Waals surface area contributed by atoms with Gasteiger partial charge in [0, 0.05) is 23.0 Å². The third-order valence-corrected chi connectivity index (χ3v) is 3.74. The van der Waals surface area contributed by atoms with Crippen LogP contribution in [0, 0.1) is 0 Å². The number of ether oxygens (including phenoxy) is 1. The number of carbonyl (C=O) groups excluding carboxylic acids is 2. The van der Waals surface area contributed by atoms with E-state index >= 15 is 0 Å². The molecule has 0 saturated heterocycles. The second kappa shape index (κ2) is 7.56. The van der Waals surface area contributed by atoms with Crippen LogP contribution in [0.25, 0.3) is 0 Å². The molecule has 0 bridgehead atoms. The van der Waals surface area contributed by atoms with Crippen molar-refractivity contribution in [1.82, 2.24) is 0 Å². The summed E-state index contributed by atoms with van der Waals surface area (Å²) >= 11 is 0.937. The Balaban J connectivity index is 1.62. The standard InChI is InChI=1S/C17H13NO5S/c19-16(14-7-3-9-21-14)23-11-12-5-1-2-6-13(12)18-17(20)24-15-8-4-10-22-15/h1-10H,11H2,(H,18,20). The van der Waals surface area contributed by atoms with E-state index in [-0.39, 0.29) is 17.6 Å². The Morgan fingerprint density at radius 3 is 2.54 bits per heavy atom. The first-order valence-corrected chi connectivity index (χ1v) is 7.85. The maximum absolute atomic E-state index is 12.0. The summed E-state index contributed by atoms with van der Waals surface area (Å²) in [6.45, 7) is 0.0153. The number of hydrogen-bond donors (Lipinski definition) is 1. The number of carbonyl (C=O) groups is 2. The van der Waals surface area contributed by atoms with E-state index in [9.17, 15) is 9.59 Å². The second-order valence-corrected chi connectivity index (χ2v) is 5.63. The molecule has 3 aromatic rings. The molecule has 0 spiro atoms. The molecule has 1 aromatic carbocycles. The average molecular weight is 343 g/mol. The van der Waals surface area contributed by atoms with Crippen LogP contribution in [0.15, 0.2) is 75.0 Å². The van der Waals surface area contributed by atoms with Crippen molar-refractivity contribution in [1.29, 1.82) is 0 Å². The van der Waals surface area contributed by atoms with Crippen molar-refractivity contribution < 1.29 is 23.2 Å². The zero-order valence-corrected chi connectivity index (χ0v) is 13.2. The van der Waals surface area contributed by atoms with Crippen LogP contribution < -0.4 is 5.32 Å². The van der Waals surface area contributed by atoms with Crippen molar-refractivity contribution >= 4 is 28.7 Å². The van der Waals surface area contributed by atoms with Crippen LogP contribution in [0.3, 0.4) is 0 Å². The fraction of sp³-hybridized carbons (Fsp3) is 0.0588. The van der Waals surface area contributed by atoms with Gasteiger partial charge in [0.25, 0.3) is 5.24 Å². The van der Waals surface area contributed by atoms with Crippen LogP contribution >= 0.6 is 11.8 Å². The van der Waals surface area contributed by atoms with Gasteiger partial charge in [0.1, 0.15) is 6.61 Å². The van der Waals surface area contributed by atoms with Gasteiger partial charge in [-0.1, -0.05) is 18.2 Å². The van der Waals surface area contributed by atoms with Crippen LogP contribution in [0.2, 0.25) is 0 Å². The SMILES string of the molecule is O=C(Nc1ccccc1COC(=O)c1ccco1)Sc1ccco1. The number of benzene rings is 1. The van der Waals surface area contributed by atoms with E-state index in [1.165, 1.54) is 18.6 Å². The highest BCUT2D eigenvalue weighted by molar-refractivity contribution is 8.13. The van der Waals surface area contributed by atoms with Crippen LogP contribution in [-0.4, -0.2) is 11.2 Å². The van der Waals surface area contributed by atoms with Gasteiger partial charge >= 0.3 is 5.97 Å². The lowest BCUT2D eigenvalue weighted by Gasteiger charge is -2.10. The normalized spacial score (nSPS) is 10.3. The topological polar surface area (TPSA) is 81.7 Å². The number of hydrogen-bond acceptors (Lipinski definition) is 6. The van der Waals surface area contributed by atoms with Gasteiger partial charge in [-0.3, -0.25) is 4.79 Å². The number of rotatable bonds is 5. The zero-order chi connectivity index (χ0) is 16.8. The lowest BCUT2D eigenvalue weighted by atomic mass is 10.2. The molecular formula is C17H13NO5S. The molecule has 1 N–H and O–H groups in total.